The van der Waals surface area contributed by atoms with E-state index in [1.54, 1.807) is 0 Å². The summed E-state index contributed by atoms with van der Waals surface area (Å²) in [6.07, 6.45) is 0.285. The molecule has 91 heavy (non-hydrogen) atoms. The van der Waals surface area contributed by atoms with E-state index in [-0.39, 0.29) is 28.5 Å². The second-order valence-electron chi connectivity index (χ2n) is 29.3. The molecule has 0 amide bonds. The van der Waals surface area contributed by atoms with Gasteiger partial charge in [-0.2, -0.15) is 0 Å². The van der Waals surface area contributed by atoms with Gasteiger partial charge in [0.05, 0.1) is 54.9 Å². The Morgan fingerprint density at radius 1 is 0.385 bits per heavy atom. The van der Waals surface area contributed by atoms with Crippen molar-refractivity contribution in [3.05, 3.63) is 205 Å². The summed E-state index contributed by atoms with van der Waals surface area (Å²) < 4.78 is 31.4. The Bertz CT molecular complexity index is 3990. The van der Waals surface area contributed by atoms with Gasteiger partial charge in [0.2, 0.25) is 0 Å². The van der Waals surface area contributed by atoms with Crippen molar-refractivity contribution < 1.29 is 23.7 Å². The number of nitrogens with zero attached hydrogens (tertiary/aromatic N) is 1. The molecule has 0 spiro atoms. The standard InChI is InChI=1S/C21H20O.C19H20O.C17H19NO.C16H32OSi.C11H16O/c1-21(2,3)22-13-17-12-16-8-4-6-14-10-11-15-7-5-9-18(17)20(15)19(14)16;1-19(2,3)20-13-18-16-10-6-4-8-14(16)12-15-9-5-7-11-17(15)18;1-13(2)19-12-11-18-16-9-5-3-7-14(16)15-8-4-6-10-17(15)18;1-13(2)18(14(3)4,15(5)6)12-10-11-17-16(7,8)9;1-11(2,3)12-9-10-7-5-4-6-8-10/h4-12H,13H2,1-3H3;4-12H,13H2,1-3H3;3-10,13H,11-12H2,1-2H3;13-15H,11H2,1-9H3;4-8H,9H2,1-3H3. The van der Waals surface area contributed by atoms with Crippen LogP contribution in [-0.4, -0.2) is 54.4 Å². The van der Waals surface area contributed by atoms with Crippen LogP contribution in [-0.2, 0) is 50.0 Å². The van der Waals surface area contributed by atoms with E-state index in [4.69, 9.17) is 23.7 Å². The van der Waals surface area contributed by atoms with Crippen LogP contribution in [0.2, 0.25) is 16.6 Å². The Kier molecular flexibility index (Phi) is 24.9. The van der Waals surface area contributed by atoms with E-state index in [9.17, 15) is 0 Å². The van der Waals surface area contributed by atoms with Crippen molar-refractivity contribution in [2.75, 3.05) is 13.2 Å². The molecule has 482 valence electrons. The number of hydrogen-bond donors (Lipinski definition) is 0. The van der Waals surface area contributed by atoms with Gasteiger partial charge < -0.3 is 28.3 Å². The zero-order valence-corrected chi connectivity index (χ0v) is 59.9. The van der Waals surface area contributed by atoms with E-state index in [2.05, 4.69) is 324 Å². The zero-order chi connectivity index (χ0) is 66.3. The van der Waals surface area contributed by atoms with Crippen molar-refractivity contribution in [1.29, 1.82) is 0 Å². The van der Waals surface area contributed by atoms with Gasteiger partial charge in [-0.3, -0.25) is 0 Å². The molecule has 6 nitrogen and oxygen atoms in total. The molecule has 7 heteroatoms. The molecule has 11 rings (SSSR count). The Hall–Kier alpha value is -6.86. The van der Waals surface area contributed by atoms with Gasteiger partial charge in [0.1, 0.15) is 14.7 Å². The third-order valence-electron chi connectivity index (χ3n) is 16.5. The van der Waals surface area contributed by atoms with Crippen LogP contribution >= 0.6 is 0 Å². The van der Waals surface area contributed by atoms with E-state index < -0.39 is 8.07 Å². The van der Waals surface area contributed by atoms with Gasteiger partial charge in [-0.25, -0.2) is 0 Å². The first-order valence-corrected chi connectivity index (χ1v) is 35.4. The van der Waals surface area contributed by atoms with Crippen molar-refractivity contribution in [2.45, 2.75) is 210 Å². The number of rotatable bonds is 14. The van der Waals surface area contributed by atoms with Gasteiger partial charge in [-0.1, -0.05) is 211 Å². The minimum Gasteiger partial charge on any atom is -0.377 e. The van der Waals surface area contributed by atoms with E-state index >= 15 is 0 Å². The lowest BCUT2D eigenvalue weighted by Gasteiger charge is -2.38. The predicted molar refractivity (Wildman–Crippen MR) is 397 cm³/mol. The summed E-state index contributed by atoms with van der Waals surface area (Å²) in [5, 5.41) is 15.7. The zero-order valence-electron chi connectivity index (χ0n) is 58.9. The average Bonchev–Trinajstić information content (AvgIpc) is 1.08. The van der Waals surface area contributed by atoms with Crippen molar-refractivity contribution in [3.8, 4) is 11.5 Å². The molecule has 0 aliphatic carbocycles. The number of ether oxygens (including phenoxy) is 5. The first-order chi connectivity index (χ1) is 43.0. The summed E-state index contributed by atoms with van der Waals surface area (Å²) in [6.45, 7) is 47.4. The van der Waals surface area contributed by atoms with Crippen molar-refractivity contribution in [1.82, 2.24) is 4.57 Å². The molecule has 1 aromatic heterocycles. The van der Waals surface area contributed by atoms with Crippen molar-refractivity contribution >= 4 is 83.7 Å². The van der Waals surface area contributed by atoms with Crippen LogP contribution in [0.3, 0.4) is 0 Å². The highest BCUT2D eigenvalue weighted by atomic mass is 28.3. The fraction of sp³-hybridized carbons (Fsp3) is 0.405. The molecule has 0 bridgehead atoms. The summed E-state index contributed by atoms with van der Waals surface area (Å²) >= 11 is 0. The van der Waals surface area contributed by atoms with Crippen molar-refractivity contribution in [3.63, 3.8) is 0 Å². The van der Waals surface area contributed by atoms with Gasteiger partial charge in [-0.05, 0) is 208 Å². The summed E-state index contributed by atoms with van der Waals surface area (Å²) in [6, 6.07) is 66.5. The lowest BCUT2D eigenvalue weighted by Crippen LogP contribution is -2.43. The largest absolute Gasteiger partial charge is 0.377 e. The molecular weight excluding hydrogens is 1130 g/mol. The average molecular weight is 1240 g/mol. The second kappa shape index (κ2) is 31.6. The molecule has 0 N–H and O–H groups in total. The minimum atomic E-state index is -1.57. The number of hydrogen-bond acceptors (Lipinski definition) is 5. The van der Waals surface area contributed by atoms with E-state index in [1.807, 2.05) is 18.2 Å². The molecule has 0 unspecified atom stereocenters. The molecule has 0 saturated carbocycles. The number of aromatic nitrogens is 1. The predicted octanol–water partition coefficient (Wildman–Crippen LogP) is 23.5. The molecule has 11 aromatic rings. The minimum absolute atomic E-state index is 0.0458. The Labute approximate surface area is 548 Å². The topological polar surface area (TPSA) is 51.1 Å². The highest BCUT2D eigenvalue weighted by Gasteiger charge is 2.41. The smallest absolute Gasteiger partial charge is 0.146 e. The van der Waals surface area contributed by atoms with Gasteiger partial charge in [0, 0.05) is 28.4 Å². The Balaban J connectivity index is 0.000000164. The molecule has 10 aromatic carbocycles. The van der Waals surface area contributed by atoms with Crippen LogP contribution in [0.1, 0.15) is 155 Å². The highest BCUT2D eigenvalue weighted by molar-refractivity contribution is 6.90. The Morgan fingerprint density at radius 3 is 1.31 bits per heavy atom. The fourth-order valence-corrected chi connectivity index (χ4v) is 17.4. The van der Waals surface area contributed by atoms with Gasteiger partial charge in [0.15, 0.2) is 0 Å². The van der Waals surface area contributed by atoms with Crippen molar-refractivity contribution in [2.24, 2.45) is 0 Å². The monoisotopic (exact) mass is 1240 g/mol. The van der Waals surface area contributed by atoms with Crippen LogP contribution in [0, 0.1) is 11.5 Å². The maximum atomic E-state index is 6.04. The van der Waals surface area contributed by atoms with Crippen LogP contribution in [0.5, 0.6) is 0 Å². The highest BCUT2D eigenvalue weighted by Crippen LogP contribution is 2.41. The quantitative estimate of drug-likeness (QED) is 0.0470. The molecule has 0 fully saturated rings. The lowest BCUT2D eigenvalue weighted by atomic mass is 9.91. The summed E-state index contributed by atoms with van der Waals surface area (Å²) in [5.74, 6) is 3.32. The third-order valence-corrected chi connectivity index (χ3v) is 22.8. The van der Waals surface area contributed by atoms with Crippen LogP contribution < -0.4 is 0 Å². The van der Waals surface area contributed by atoms with Crippen LogP contribution in [0.25, 0.3) is 75.7 Å². The molecule has 0 aliphatic rings. The van der Waals surface area contributed by atoms with Gasteiger partial charge in [0.25, 0.3) is 0 Å². The van der Waals surface area contributed by atoms with E-state index in [0.29, 0.717) is 43.1 Å². The maximum Gasteiger partial charge on any atom is 0.146 e. The number of benzene rings is 10. The first-order valence-electron chi connectivity index (χ1n) is 33.2. The number of para-hydroxylation sites is 2. The van der Waals surface area contributed by atoms with Crippen LogP contribution in [0.15, 0.2) is 188 Å². The van der Waals surface area contributed by atoms with Gasteiger partial charge in [-0.15, -0.1) is 5.54 Å². The molecule has 0 radical (unpaired) electrons. The normalized spacial score (nSPS) is 12.3. The molecule has 0 saturated heterocycles. The summed E-state index contributed by atoms with van der Waals surface area (Å²) in [7, 11) is -1.57. The molecule has 1 heterocycles. The first kappa shape index (κ1) is 71.6. The lowest BCUT2D eigenvalue weighted by molar-refractivity contribution is -0.0151. The van der Waals surface area contributed by atoms with E-state index in [1.165, 1.54) is 92.4 Å². The summed E-state index contributed by atoms with van der Waals surface area (Å²) in [4.78, 5) is 0. The van der Waals surface area contributed by atoms with Crippen LogP contribution in [0.4, 0.5) is 0 Å². The molecule has 0 aliphatic heterocycles. The fourth-order valence-electron chi connectivity index (χ4n) is 12.2. The second-order valence-corrected chi connectivity index (χ2v) is 34.9. The Morgan fingerprint density at radius 2 is 0.802 bits per heavy atom. The molecule has 0 atom stereocenters. The number of fused-ring (bicyclic) bond motifs is 5. The maximum absolute atomic E-state index is 6.04. The van der Waals surface area contributed by atoms with E-state index in [0.717, 1.165) is 13.2 Å². The summed E-state index contributed by atoms with van der Waals surface area (Å²) in [5.41, 5.74) is 11.7. The third kappa shape index (κ3) is 20.1. The SMILES string of the molecule is CC(C)(C)OCc1c2ccccc2cc2ccccc12.CC(C)(C)OCc1cc2cccc3ccc4cccc1c4c32.CC(C)(C)OCc1ccccc1.CC(C)OCCn1c2ccccc2c2ccccc21.CC(C)[Si](C#CCOC(C)(C)C)(C(C)C)C(C)C. The molecular formula is C84H107NO5Si. The van der Waals surface area contributed by atoms with Gasteiger partial charge >= 0.3 is 0 Å².